The van der Waals surface area contributed by atoms with Gasteiger partial charge in [-0.1, -0.05) is 38.5 Å². The van der Waals surface area contributed by atoms with E-state index in [1.54, 1.807) is 20.0 Å². The smallest absolute Gasteiger partial charge is 0.326 e. The van der Waals surface area contributed by atoms with Gasteiger partial charge < -0.3 is 32.2 Å². The molecular formula is C22H33N5O4. The van der Waals surface area contributed by atoms with Crippen LogP contribution in [0.3, 0.4) is 0 Å². The number of nitrogens with two attached hydrogens (primary N) is 2. The Kier molecular flexibility index (Phi) is 9.02. The summed E-state index contributed by atoms with van der Waals surface area (Å²) in [5.74, 6) is -2.38. The molecule has 0 saturated carbocycles. The number of hydrogen-bond acceptors (Lipinski definition) is 5. The molecule has 8 N–H and O–H groups in total. The van der Waals surface area contributed by atoms with Crippen LogP contribution in [0.15, 0.2) is 30.5 Å². The van der Waals surface area contributed by atoms with Gasteiger partial charge in [-0.3, -0.25) is 9.59 Å². The number of carboxylic acid groups (broad SMARTS) is 1. The van der Waals surface area contributed by atoms with E-state index in [9.17, 15) is 19.5 Å². The number of carbonyl (C=O) groups excluding carboxylic acids is 2. The van der Waals surface area contributed by atoms with Crippen molar-refractivity contribution >= 4 is 28.7 Å². The number of aromatic nitrogens is 1. The van der Waals surface area contributed by atoms with Crippen molar-refractivity contribution in [2.75, 3.05) is 6.54 Å². The van der Waals surface area contributed by atoms with Crippen molar-refractivity contribution in [2.45, 2.75) is 57.7 Å². The van der Waals surface area contributed by atoms with Crippen LogP contribution in [0.2, 0.25) is 0 Å². The number of aliphatic carboxylic acids is 1. The molecule has 2 amide bonds. The van der Waals surface area contributed by atoms with E-state index in [0.29, 0.717) is 13.0 Å². The first-order valence-corrected chi connectivity index (χ1v) is 10.6. The summed E-state index contributed by atoms with van der Waals surface area (Å²) in [6.45, 7) is 4.08. The molecule has 9 nitrogen and oxygen atoms in total. The minimum Gasteiger partial charge on any atom is -0.480 e. The van der Waals surface area contributed by atoms with Crippen molar-refractivity contribution in [3.05, 3.63) is 36.0 Å². The van der Waals surface area contributed by atoms with Crippen molar-refractivity contribution < 1.29 is 19.5 Å². The molecule has 1 heterocycles. The Morgan fingerprint density at radius 1 is 1.10 bits per heavy atom. The zero-order chi connectivity index (χ0) is 23.0. The van der Waals surface area contributed by atoms with E-state index in [4.69, 9.17) is 11.5 Å². The molecular weight excluding hydrogens is 398 g/mol. The topological polar surface area (TPSA) is 163 Å². The molecule has 1 aromatic heterocycles. The van der Waals surface area contributed by atoms with Crippen LogP contribution < -0.4 is 22.1 Å². The quantitative estimate of drug-likeness (QED) is 0.273. The van der Waals surface area contributed by atoms with Gasteiger partial charge in [0.05, 0.1) is 6.04 Å². The zero-order valence-corrected chi connectivity index (χ0v) is 18.1. The van der Waals surface area contributed by atoms with Crippen LogP contribution in [-0.4, -0.2) is 52.5 Å². The van der Waals surface area contributed by atoms with Gasteiger partial charge in [0.2, 0.25) is 11.8 Å². The van der Waals surface area contributed by atoms with Gasteiger partial charge in [0.15, 0.2) is 0 Å². The minimum absolute atomic E-state index is 0.114. The summed E-state index contributed by atoms with van der Waals surface area (Å²) in [6, 6.07) is 4.77. The first-order chi connectivity index (χ1) is 14.7. The Balaban J connectivity index is 2.06. The standard InChI is InChI=1S/C22H33N5O4/c1-13(2)19(27-20(28)16(24)8-5-6-10-23)21(29)26-18(22(30)31)11-14-12-25-17-9-4-3-7-15(14)17/h3-4,7,9,12-13,16,18-19,25H,5-6,8,10-11,23-24H2,1-2H3,(H,26,29)(H,27,28)(H,30,31)/t16-,18-,19-/m0/s1. The third-order valence-electron chi connectivity index (χ3n) is 5.27. The van der Waals surface area contributed by atoms with Crippen LogP contribution in [0.4, 0.5) is 0 Å². The number of hydrogen-bond donors (Lipinski definition) is 6. The maximum Gasteiger partial charge on any atom is 0.326 e. The number of carboxylic acids is 1. The normalized spacial score (nSPS) is 14.2. The van der Waals surface area contributed by atoms with Crippen LogP contribution >= 0.6 is 0 Å². The third kappa shape index (κ3) is 6.80. The molecule has 0 saturated heterocycles. The molecule has 0 spiro atoms. The van der Waals surface area contributed by atoms with Crippen LogP contribution in [0.1, 0.15) is 38.7 Å². The van der Waals surface area contributed by atoms with Gasteiger partial charge in [-0.15, -0.1) is 0 Å². The number of aromatic amines is 1. The van der Waals surface area contributed by atoms with Crippen molar-refractivity contribution in [3.63, 3.8) is 0 Å². The first kappa shape index (κ1) is 24.4. The highest BCUT2D eigenvalue weighted by molar-refractivity contribution is 5.92. The second kappa shape index (κ2) is 11.5. The summed E-state index contributed by atoms with van der Waals surface area (Å²) in [6.07, 6.45) is 3.81. The van der Waals surface area contributed by atoms with Gasteiger partial charge >= 0.3 is 5.97 Å². The molecule has 0 aliphatic carbocycles. The maximum absolute atomic E-state index is 12.9. The van der Waals surface area contributed by atoms with Gasteiger partial charge in [-0.05, 0) is 36.9 Å². The van der Waals surface area contributed by atoms with E-state index >= 15 is 0 Å². The predicted molar refractivity (Wildman–Crippen MR) is 119 cm³/mol. The number of nitrogens with one attached hydrogen (secondary N) is 3. The van der Waals surface area contributed by atoms with E-state index in [1.165, 1.54) is 0 Å². The van der Waals surface area contributed by atoms with Gasteiger partial charge in [-0.2, -0.15) is 0 Å². The molecule has 9 heteroatoms. The number of carbonyl (C=O) groups is 3. The number of amides is 2. The van der Waals surface area contributed by atoms with Gasteiger partial charge in [0.1, 0.15) is 12.1 Å². The summed E-state index contributed by atoms with van der Waals surface area (Å²) in [4.78, 5) is 40.2. The molecule has 0 aliphatic heterocycles. The minimum atomic E-state index is -1.15. The van der Waals surface area contributed by atoms with Crippen LogP contribution in [0, 0.1) is 5.92 Å². The number of para-hydroxylation sites is 1. The van der Waals surface area contributed by atoms with E-state index in [1.807, 2.05) is 24.3 Å². The lowest BCUT2D eigenvalue weighted by molar-refractivity contribution is -0.142. The van der Waals surface area contributed by atoms with Gasteiger partial charge in [0.25, 0.3) is 0 Å². The second-order valence-electron chi connectivity index (χ2n) is 8.08. The maximum atomic E-state index is 12.9. The highest BCUT2D eigenvalue weighted by Gasteiger charge is 2.30. The summed E-state index contributed by atoms with van der Waals surface area (Å²) in [7, 11) is 0. The fourth-order valence-corrected chi connectivity index (χ4v) is 3.42. The Morgan fingerprint density at radius 2 is 1.81 bits per heavy atom. The Bertz CT molecular complexity index is 895. The summed E-state index contributed by atoms with van der Waals surface area (Å²) < 4.78 is 0. The molecule has 2 aromatic rings. The Morgan fingerprint density at radius 3 is 2.45 bits per heavy atom. The van der Waals surface area contributed by atoms with E-state index < -0.39 is 35.9 Å². The molecule has 31 heavy (non-hydrogen) atoms. The van der Waals surface area contributed by atoms with Crippen molar-refractivity contribution in [1.82, 2.24) is 15.6 Å². The van der Waals surface area contributed by atoms with Gasteiger partial charge in [-0.25, -0.2) is 4.79 Å². The average molecular weight is 432 g/mol. The molecule has 3 atom stereocenters. The van der Waals surface area contributed by atoms with Crippen LogP contribution in [-0.2, 0) is 20.8 Å². The number of unbranched alkanes of at least 4 members (excludes halogenated alkanes) is 1. The van der Waals surface area contributed by atoms with E-state index in [0.717, 1.165) is 29.3 Å². The molecule has 2 rings (SSSR count). The van der Waals surface area contributed by atoms with Crippen LogP contribution in [0.25, 0.3) is 10.9 Å². The molecule has 0 fully saturated rings. The Labute approximate surface area is 181 Å². The molecule has 0 bridgehead atoms. The highest BCUT2D eigenvalue weighted by Crippen LogP contribution is 2.19. The van der Waals surface area contributed by atoms with Crippen molar-refractivity contribution in [1.29, 1.82) is 0 Å². The largest absolute Gasteiger partial charge is 0.480 e. The molecule has 0 unspecified atom stereocenters. The summed E-state index contributed by atoms with van der Waals surface area (Å²) in [5.41, 5.74) is 13.1. The molecule has 170 valence electrons. The van der Waals surface area contributed by atoms with Crippen molar-refractivity contribution in [2.24, 2.45) is 17.4 Å². The SMILES string of the molecule is CC(C)[C@H](NC(=O)[C@@H](N)CCCCN)C(=O)N[C@@H](Cc1c[nH]c2ccccc12)C(=O)O. The zero-order valence-electron chi connectivity index (χ0n) is 18.1. The third-order valence-corrected chi connectivity index (χ3v) is 5.27. The summed E-state index contributed by atoms with van der Waals surface area (Å²) in [5, 5.41) is 15.8. The molecule has 0 aliphatic rings. The Hall–Kier alpha value is -2.91. The number of rotatable bonds is 12. The lowest BCUT2D eigenvalue weighted by Gasteiger charge is -2.25. The van der Waals surface area contributed by atoms with Gasteiger partial charge in [0, 0.05) is 23.5 Å². The molecule has 0 radical (unpaired) electrons. The fraction of sp³-hybridized carbons (Fsp3) is 0.500. The average Bonchev–Trinajstić information content (AvgIpc) is 3.13. The number of fused-ring (bicyclic) bond motifs is 1. The fourth-order valence-electron chi connectivity index (χ4n) is 3.42. The summed E-state index contributed by atoms with van der Waals surface area (Å²) >= 11 is 0. The number of H-pyrrole nitrogens is 1. The van der Waals surface area contributed by atoms with Crippen LogP contribution in [0.5, 0.6) is 0 Å². The van der Waals surface area contributed by atoms with E-state index in [2.05, 4.69) is 15.6 Å². The first-order valence-electron chi connectivity index (χ1n) is 10.6. The molecule has 1 aromatic carbocycles. The monoisotopic (exact) mass is 431 g/mol. The van der Waals surface area contributed by atoms with E-state index in [-0.39, 0.29) is 12.3 Å². The number of benzene rings is 1. The van der Waals surface area contributed by atoms with Crippen molar-refractivity contribution in [3.8, 4) is 0 Å². The second-order valence-corrected chi connectivity index (χ2v) is 8.08. The lowest BCUT2D eigenvalue weighted by Crippen LogP contribution is -2.56. The predicted octanol–water partition coefficient (Wildman–Crippen LogP) is 0.877. The lowest BCUT2D eigenvalue weighted by atomic mass is 10.00. The highest BCUT2D eigenvalue weighted by atomic mass is 16.4.